The summed E-state index contributed by atoms with van der Waals surface area (Å²) in [6.07, 6.45) is 1.95. The number of nitrogens with two attached hydrogens (primary N) is 1. The molecule has 27 heavy (non-hydrogen) atoms. The Balaban J connectivity index is 1.78. The predicted molar refractivity (Wildman–Crippen MR) is 107 cm³/mol. The highest BCUT2D eigenvalue weighted by atomic mass is 32.2. The third-order valence-corrected chi connectivity index (χ3v) is 5.39. The van der Waals surface area contributed by atoms with E-state index in [-0.39, 0.29) is 12.3 Å². The fourth-order valence-electron chi connectivity index (χ4n) is 2.37. The largest absolute Gasteiger partial charge is 0.497 e. The van der Waals surface area contributed by atoms with Crippen LogP contribution in [0.5, 0.6) is 5.75 Å². The Bertz CT molecular complexity index is 971. The molecule has 2 N–H and O–H groups in total. The number of imidazole rings is 1. The number of rotatable bonds is 8. The van der Waals surface area contributed by atoms with Gasteiger partial charge in [-0.2, -0.15) is 4.98 Å². The molecule has 3 rings (SSSR count). The Morgan fingerprint density at radius 1 is 1.22 bits per heavy atom. The average molecular weight is 407 g/mol. The van der Waals surface area contributed by atoms with Gasteiger partial charge in [-0.3, -0.25) is 0 Å². The molecule has 0 amide bonds. The predicted octanol–water partition coefficient (Wildman–Crippen LogP) is 3.17. The second kappa shape index (κ2) is 8.29. The second-order valence-electron chi connectivity index (χ2n) is 6.39. The highest BCUT2D eigenvalue weighted by Crippen LogP contribution is 2.35. The smallest absolute Gasteiger partial charge is 0.223 e. The van der Waals surface area contributed by atoms with Crippen molar-refractivity contribution < 1.29 is 14.0 Å². The zero-order chi connectivity index (χ0) is 19.4. The Morgan fingerprint density at radius 2 is 1.96 bits per heavy atom. The van der Waals surface area contributed by atoms with Crippen LogP contribution < -0.4 is 10.5 Å². The van der Waals surface area contributed by atoms with E-state index in [1.807, 2.05) is 28.8 Å². The molecule has 0 atom stereocenters. The molecule has 0 spiro atoms. The summed E-state index contributed by atoms with van der Waals surface area (Å²) in [7, 11) is -0.554. The lowest BCUT2D eigenvalue weighted by Gasteiger charge is -2.09. The molecule has 3 aromatic rings. The number of anilines is 1. The molecule has 0 fully saturated rings. The number of ether oxygens (including phenoxy) is 2. The maximum atomic E-state index is 11.7. The summed E-state index contributed by atoms with van der Waals surface area (Å²) in [5.41, 5.74) is 7.23. The van der Waals surface area contributed by atoms with Crippen molar-refractivity contribution in [2.24, 2.45) is 0 Å². The number of hydrogen-bond donors (Lipinski definition) is 1. The van der Waals surface area contributed by atoms with Gasteiger partial charge in [-0.05, 0) is 37.6 Å². The lowest BCUT2D eigenvalue weighted by Crippen LogP contribution is -2.07. The molecule has 10 heteroatoms. The summed E-state index contributed by atoms with van der Waals surface area (Å²) in [6.45, 7) is 4.37. The molecule has 2 heterocycles. The van der Waals surface area contributed by atoms with Gasteiger partial charge in [0.05, 0.1) is 26.4 Å². The molecule has 144 valence electrons. The maximum absolute atomic E-state index is 11.7. The van der Waals surface area contributed by atoms with Gasteiger partial charge in [-0.15, -0.1) is 0 Å². The molecule has 0 aliphatic rings. The number of nitrogens with zero attached hydrogens (tertiary/aromatic N) is 4. The van der Waals surface area contributed by atoms with E-state index in [1.165, 1.54) is 11.8 Å². The molecule has 2 aromatic heterocycles. The van der Waals surface area contributed by atoms with Gasteiger partial charge in [-0.1, -0.05) is 11.8 Å². The Morgan fingerprint density at radius 3 is 2.63 bits per heavy atom. The van der Waals surface area contributed by atoms with Gasteiger partial charge < -0.3 is 24.3 Å². The Hall–Kier alpha value is -2.09. The first-order valence-corrected chi connectivity index (χ1v) is 11.9. The van der Waals surface area contributed by atoms with Gasteiger partial charge >= 0.3 is 0 Å². The van der Waals surface area contributed by atoms with Gasteiger partial charge in [0.1, 0.15) is 23.4 Å². The highest BCUT2D eigenvalue weighted by molar-refractivity contribution is 7.99. The minimum atomic E-state index is -2.19. The number of benzene rings is 1. The molecular weight excluding hydrogens is 385 g/mol. The zero-order valence-electron chi connectivity index (χ0n) is 15.5. The van der Waals surface area contributed by atoms with Gasteiger partial charge in [0.2, 0.25) is 5.95 Å². The Kier molecular flexibility index (Phi) is 6.04. The van der Waals surface area contributed by atoms with Crippen molar-refractivity contribution in [3.05, 3.63) is 30.6 Å². The van der Waals surface area contributed by atoms with Crippen LogP contribution in [0, 0.1) is 0 Å². The minimum Gasteiger partial charge on any atom is -0.497 e. The van der Waals surface area contributed by atoms with Crippen LogP contribution in [0.4, 0.5) is 5.95 Å². The lowest BCUT2D eigenvalue weighted by atomic mass is 10.3. The third-order valence-electron chi connectivity index (χ3n) is 3.60. The van der Waals surface area contributed by atoms with Crippen molar-refractivity contribution in [3.8, 4) is 5.75 Å². The van der Waals surface area contributed by atoms with Crippen LogP contribution in [0.3, 0.4) is 0 Å². The molecule has 0 aliphatic carbocycles. The van der Waals surface area contributed by atoms with Crippen molar-refractivity contribution in [1.29, 1.82) is 0 Å². The zero-order valence-corrected chi connectivity index (χ0v) is 17.2. The third kappa shape index (κ3) is 5.22. The van der Waals surface area contributed by atoms with Crippen LogP contribution in [0.1, 0.15) is 0 Å². The fraction of sp³-hybridized carbons (Fsp3) is 0.353. The summed E-state index contributed by atoms with van der Waals surface area (Å²) in [6, 6.07) is 7.68. The van der Waals surface area contributed by atoms with E-state index in [2.05, 4.69) is 15.0 Å². The summed E-state index contributed by atoms with van der Waals surface area (Å²) >= 11 is 1.46. The van der Waals surface area contributed by atoms with E-state index >= 15 is 0 Å². The molecule has 0 bridgehead atoms. The van der Waals surface area contributed by atoms with Gasteiger partial charge in [0.25, 0.3) is 0 Å². The quantitative estimate of drug-likeness (QED) is 0.345. The van der Waals surface area contributed by atoms with Gasteiger partial charge in [-0.25, -0.2) is 9.97 Å². The van der Waals surface area contributed by atoms with Crippen LogP contribution in [0.25, 0.3) is 11.2 Å². The van der Waals surface area contributed by atoms with E-state index < -0.39 is 7.14 Å². The number of aromatic nitrogens is 4. The van der Waals surface area contributed by atoms with Gasteiger partial charge in [0, 0.05) is 11.4 Å². The molecule has 1 aromatic carbocycles. The highest BCUT2D eigenvalue weighted by Gasteiger charge is 2.14. The first-order chi connectivity index (χ1) is 12.9. The topological polar surface area (TPSA) is 105 Å². The van der Waals surface area contributed by atoms with Crippen molar-refractivity contribution in [3.63, 3.8) is 0 Å². The molecular formula is C17H22N5O3PS. The number of nitrogen functional groups attached to an aromatic ring is 1. The molecule has 8 nitrogen and oxygen atoms in total. The summed E-state index contributed by atoms with van der Waals surface area (Å²) < 4.78 is 24.2. The lowest BCUT2D eigenvalue weighted by molar-refractivity contribution is 0.167. The first kappa shape index (κ1) is 19.7. The molecule has 0 saturated carbocycles. The second-order valence-corrected chi connectivity index (χ2v) is 10.9. The van der Waals surface area contributed by atoms with Gasteiger partial charge in [0.15, 0.2) is 5.65 Å². The normalized spacial score (nSPS) is 11.8. The average Bonchev–Trinajstić information content (AvgIpc) is 3.01. The maximum Gasteiger partial charge on any atom is 0.223 e. The van der Waals surface area contributed by atoms with Crippen LogP contribution >= 0.6 is 18.9 Å². The molecule has 0 unspecified atom stereocenters. The van der Waals surface area contributed by atoms with Crippen LogP contribution in [-0.4, -0.2) is 52.9 Å². The number of fused-ring (bicyclic) bond motifs is 1. The molecule has 0 aliphatic heterocycles. The van der Waals surface area contributed by atoms with Crippen LogP contribution in [0.2, 0.25) is 0 Å². The van der Waals surface area contributed by atoms with Crippen molar-refractivity contribution in [2.45, 2.75) is 16.5 Å². The van der Waals surface area contributed by atoms with E-state index in [9.17, 15) is 4.57 Å². The number of hydrogen-bond acceptors (Lipinski definition) is 8. The van der Waals surface area contributed by atoms with E-state index in [1.54, 1.807) is 26.8 Å². The summed E-state index contributed by atoms with van der Waals surface area (Å²) in [4.78, 5) is 14.1. The van der Waals surface area contributed by atoms with Crippen LogP contribution in [0.15, 0.2) is 40.5 Å². The fourth-order valence-corrected chi connectivity index (χ4v) is 3.82. The van der Waals surface area contributed by atoms with E-state index in [0.717, 1.165) is 10.6 Å². The van der Waals surface area contributed by atoms with Crippen LogP contribution in [-0.2, 0) is 15.8 Å². The van der Waals surface area contributed by atoms with E-state index in [0.29, 0.717) is 29.3 Å². The summed E-state index contributed by atoms with van der Waals surface area (Å²) in [5.74, 6) is 0.979. The minimum absolute atomic E-state index is 0.188. The number of methoxy groups -OCH3 is 1. The molecule has 0 saturated heterocycles. The van der Waals surface area contributed by atoms with Crippen molar-refractivity contribution >= 4 is 36.0 Å². The Labute approximate surface area is 161 Å². The SMILES string of the molecule is COc1ccc(Sc2nc(N)nc3c2ncn3CCOCP(C)(C)=O)cc1. The van der Waals surface area contributed by atoms with Crippen molar-refractivity contribution in [2.75, 3.05) is 39.1 Å². The summed E-state index contributed by atoms with van der Waals surface area (Å²) in [5, 5.41) is 0.689. The standard InChI is InChI=1S/C17H22N5O3PS/c1-24-12-4-6-13(7-5-12)27-16-14-15(20-17(18)21-16)22(10-19-14)8-9-25-11-26(2,3)23/h4-7,10H,8-9,11H2,1-3H3,(H2,18,20,21). The molecule has 0 radical (unpaired) electrons. The first-order valence-electron chi connectivity index (χ1n) is 8.28. The monoisotopic (exact) mass is 407 g/mol. The van der Waals surface area contributed by atoms with Crippen molar-refractivity contribution in [1.82, 2.24) is 19.5 Å². The van der Waals surface area contributed by atoms with E-state index in [4.69, 9.17) is 15.2 Å².